The quantitative estimate of drug-likeness (QED) is 0.760. The standard InChI is InChI=1S/C16H30N2O2/c1-12(2)13-5-3-8-16(9-7-13,15(17)19)18-11-14-6-4-10-20-14/h12-14,18H,3-11H2,1-2H3,(H2,17,19). The van der Waals surface area contributed by atoms with Crippen LogP contribution in [-0.4, -0.2) is 30.7 Å². The van der Waals surface area contributed by atoms with Gasteiger partial charge in [0, 0.05) is 13.2 Å². The summed E-state index contributed by atoms with van der Waals surface area (Å²) >= 11 is 0. The lowest BCUT2D eigenvalue weighted by molar-refractivity contribution is -0.125. The van der Waals surface area contributed by atoms with Gasteiger partial charge in [0.25, 0.3) is 0 Å². The van der Waals surface area contributed by atoms with Gasteiger partial charge in [-0.2, -0.15) is 0 Å². The molecule has 4 nitrogen and oxygen atoms in total. The van der Waals surface area contributed by atoms with Gasteiger partial charge < -0.3 is 15.8 Å². The number of nitrogens with one attached hydrogen (secondary N) is 1. The molecule has 4 heteroatoms. The van der Waals surface area contributed by atoms with Crippen LogP contribution in [0.25, 0.3) is 0 Å². The van der Waals surface area contributed by atoms with Crippen LogP contribution in [0.3, 0.4) is 0 Å². The number of ether oxygens (including phenoxy) is 1. The third-order valence-electron chi connectivity index (χ3n) is 5.23. The van der Waals surface area contributed by atoms with Crippen molar-refractivity contribution in [2.24, 2.45) is 17.6 Å². The Hall–Kier alpha value is -0.610. The molecule has 1 aliphatic carbocycles. The molecule has 2 aliphatic rings. The predicted octanol–water partition coefficient (Wildman–Crippen LogP) is 2.22. The SMILES string of the molecule is CC(C)C1CCCC(NCC2CCCO2)(C(N)=O)CC1. The van der Waals surface area contributed by atoms with E-state index in [1.54, 1.807) is 0 Å². The lowest BCUT2D eigenvalue weighted by Crippen LogP contribution is -2.56. The minimum Gasteiger partial charge on any atom is -0.377 e. The molecule has 2 fully saturated rings. The molecule has 0 aromatic rings. The molecule has 116 valence electrons. The van der Waals surface area contributed by atoms with Gasteiger partial charge in [-0.05, 0) is 43.9 Å². The number of amides is 1. The van der Waals surface area contributed by atoms with E-state index >= 15 is 0 Å². The molecule has 0 radical (unpaired) electrons. The van der Waals surface area contributed by atoms with Crippen LogP contribution in [0.2, 0.25) is 0 Å². The second kappa shape index (κ2) is 6.90. The molecule has 0 spiro atoms. The first-order valence-electron chi connectivity index (χ1n) is 8.20. The largest absolute Gasteiger partial charge is 0.377 e. The molecule has 20 heavy (non-hydrogen) atoms. The summed E-state index contributed by atoms with van der Waals surface area (Å²) in [5, 5.41) is 3.48. The van der Waals surface area contributed by atoms with Gasteiger partial charge in [-0.1, -0.05) is 26.7 Å². The van der Waals surface area contributed by atoms with Crippen LogP contribution in [0.15, 0.2) is 0 Å². The van der Waals surface area contributed by atoms with E-state index in [9.17, 15) is 4.79 Å². The van der Waals surface area contributed by atoms with Crippen LogP contribution < -0.4 is 11.1 Å². The third-order valence-corrected chi connectivity index (χ3v) is 5.23. The third kappa shape index (κ3) is 3.73. The Morgan fingerprint density at radius 2 is 2.10 bits per heavy atom. The molecule has 2 rings (SSSR count). The topological polar surface area (TPSA) is 64.3 Å². The van der Waals surface area contributed by atoms with E-state index in [0.717, 1.165) is 57.6 Å². The molecule has 1 saturated heterocycles. The summed E-state index contributed by atoms with van der Waals surface area (Å²) in [4.78, 5) is 12.0. The number of rotatable bonds is 5. The van der Waals surface area contributed by atoms with Crippen LogP contribution in [0, 0.1) is 11.8 Å². The highest BCUT2D eigenvalue weighted by Gasteiger charge is 2.39. The van der Waals surface area contributed by atoms with Gasteiger partial charge in [-0.3, -0.25) is 4.79 Å². The van der Waals surface area contributed by atoms with Crippen LogP contribution in [0.1, 0.15) is 58.8 Å². The number of hydrogen-bond acceptors (Lipinski definition) is 3. The van der Waals surface area contributed by atoms with Crippen molar-refractivity contribution in [3.8, 4) is 0 Å². The van der Waals surface area contributed by atoms with Gasteiger partial charge in [0.05, 0.1) is 11.6 Å². The Balaban J connectivity index is 1.95. The normalized spacial score (nSPS) is 35.1. The van der Waals surface area contributed by atoms with Gasteiger partial charge >= 0.3 is 0 Å². The summed E-state index contributed by atoms with van der Waals surface area (Å²) in [6.07, 6.45) is 7.63. The highest BCUT2D eigenvalue weighted by Crippen LogP contribution is 2.34. The summed E-state index contributed by atoms with van der Waals surface area (Å²) in [6, 6.07) is 0. The maximum Gasteiger partial charge on any atom is 0.237 e. The molecule has 0 aromatic carbocycles. The Morgan fingerprint density at radius 3 is 2.70 bits per heavy atom. The van der Waals surface area contributed by atoms with Crippen molar-refractivity contribution in [3.63, 3.8) is 0 Å². The zero-order chi connectivity index (χ0) is 14.6. The zero-order valence-electron chi connectivity index (χ0n) is 13.0. The fraction of sp³-hybridized carbons (Fsp3) is 0.938. The fourth-order valence-corrected chi connectivity index (χ4v) is 3.66. The zero-order valence-corrected chi connectivity index (χ0v) is 13.0. The number of carbonyl (C=O) groups is 1. The van der Waals surface area contributed by atoms with Crippen molar-refractivity contribution in [2.45, 2.75) is 70.4 Å². The molecule has 3 N–H and O–H groups in total. The lowest BCUT2D eigenvalue weighted by Gasteiger charge is -2.32. The van der Waals surface area contributed by atoms with Crippen LogP contribution in [0.4, 0.5) is 0 Å². The smallest absolute Gasteiger partial charge is 0.237 e. The van der Waals surface area contributed by atoms with Crippen LogP contribution in [-0.2, 0) is 9.53 Å². The highest BCUT2D eigenvalue weighted by atomic mass is 16.5. The second-order valence-corrected chi connectivity index (χ2v) is 6.90. The van der Waals surface area contributed by atoms with Crippen LogP contribution >= 0.6 is 0 Å². The molecule has 1 heterocycles. The average Bonchev–Trinajstić information content (AvgIpc) is 2.81. The first-order chi connectivity index (χ1) is 9.53. The Labute approximate surface area is 122 Å². The van der Waals surface area contributed by atoms with E-state index in [1.807, 2.05) is 0 Å². The average molecular weight is 282 g/mol. The Bertz CT molecular complexity index is 326. The minimum absolute atomic E-state index is 0.181. The first kappa shape index (κ1) is 15.8. The van der Waals surface area contributed by atoms with Gasteiger partial charge in [0.15, 0.2) is 0 Å². The van der Waals surface area contributed by atoms with E-state index < -0.39 is 5.54 Å². The molecule has 3 atom stereocenters. The number of carbonyl (C=O) groups excluding carboxylic acids is 1. The summed E-state index contributed by atoms with van der Waals surface area (Å²) in [7, 11) is 0. The first-order valence-corrected chi connectivity index (χ1v) is 8.20. The predicted molar refractivity (Wildman–Crippen MR) is 80.3 cm³/mol. The van der Waals surface area contributed by atoms with E-state index in [2.05, 4.69) is 19.2 Å². The van der Waals surface area contributed by atoms with E-state index in [4.69, 9.17) is 10.5 Å². The summed E-state index contributed by atoms with van der Waals surface area (Å²) in [5.41, 5.74) is 5.23. The number of hydrogen-bond donors (Lipinski definition) is 2. The highest BCUT2D eigenvalue weighted by molar-refractivity contribution is 5.84. The molecule has 0 bridgehead atoms. The van der Waals surface area contributed by atoms with Gasteiger partial charge in [-0.25, -0.2) is 0 Å². The van der Waals surface area contributed by atoms with E-state index in [1.165, 1.54) is 6.42 Å². The Kier molecular flexibility index (Phi) is 5.44. The Morgan fingerprint density at radius 1 is 1.30 bits per heavy atom. The van der Waals surface area contributed by atoms with Crippen molar-refractivity contribution in [1.29, 1.82) is 0 Å². The molecule has 1 aliphatic heterocycles. The lowest BCUT2D eigenvalue weighted by atomic mass is 9.86. The summed E-state index contributed by atoms with van der Waals surface area (Å²) < 4.78 is 5.64. The van der Waals surface area contributed by atoms with Gasteiger partial charge in [-0.15, -0.1) is 0 Å². The molecule has 0 aromatic heterocycles. The monoisotopic (exact) mass is 282 g/mol. The fourth-order valence-electron chi connectivity index (χ4n) is 3.66. The second-order valence-electron chi connectivity index (χ2n) is 6.90. The van der Waals surface area contributed by atoms with Gasteiger partial charge in [0.1, 0.15) is 0 Å². The van der Waals surface area contributed by atoms with E-state index in [0.29, 0.717) is 5.92 Å². The summed E-state index contributed by atoms with van der Waals surface area (Å²) in [5.74, 6) is 1.23. The molecule has 1 saturated carbocycles. The molecule has 1 amide bonds. The summed E-state index contributed by atoms with van der Waals surface area (Å²) in [6.45, 7) is 6.17. The van der Waals surface area contributed by atoms with Gasteiger partial charge in [0.2, 0.25) is 5.91 Å². The van der Waals surface area contributed by atoms with Crippen molar-refractivity contribution in [2.75, 3.05) is 13.2 Å². The molecule has 3 unspecified atom stereocenters. The maximum atomic E-state index is 12.0. The minimum atomic E-state index is -0.504. The number of nitrogens with two attached hydrogens (primary N) is 1. The molecular weight excluding hydrogens is 252 g/mol. The van der Waals surface area contributed by atoms with Crippen LogP contribution in [0.5, 0.6) is 0 Å². The molecular formula is C16H30N2O2. The van der Waals surface area contributed by atoms with Crippen molar-refractivity contribution < 1.29 is 9.53 Å². The van der Waals surface area contributed by atoms with Crippen molar-refractivity contribution in [1.82, 2.24) is 5.32 Å². The van der Waals surface area contributed by atoms with Crippen molar-refractivity contribution >= 4 is 5.91 Å². The number of primary amides is 1. The van der Waals surface area contributed by atoms with E-state index in [-0.39, 0.29) is 12.0 Å². The maximum absolute atomic E-state index is 12.0. The van der Waals surface area contributed by atoms with Crippen molar-refractivity contribution in [3.05, 3.63) is 0 Å².